The zero-order valence-corrected chi connectivity index (χ0v) is 10.6. The molecule has 0 N–H and O–H groups in total. The maximum Gasteiger partial charge on any atom is 0.342 e. The first kappa shape index (κ1) is 11.5. The van der Waals surface area contributed by atoms with Gasteiger partial charge in [-0.2, -0.15) is 5.10 Å². The van der Waals surface area contributed by atoms with E-state index < -0.39 is 0 Å². The molecule has 4 nitrogen and oxygen atoms in total. The number of carbonyl (C=O) groups is 1. The predicted octanol–water partition coefficient (Wildman–Crippen LogP) is 1.93. The lowest BCUT2D eigenvalue weighted by Gasteiger charge is -2.06. The number of rotatable bonds is 3. The molecule has 14 heavy (non-hydrogen) atoms. The highest BCUT2D eigenvalue weighted by molar-refractivity contribution is 14.1. The number of halogens is 1. The Hall–Kier alpha value is -0.590. The SMILES string of the molecule is COC(=O)c1cnn(CC(C)C)c1I. The summed E-state index contributed by atoms with van der Waals surface area (Å²) >= 11 is 2.11. The fourth-order valence-corrected chi connectivity index (χ4v) is 1.77. The first-order valence-corrected chi connectivity index (χ1v) is 5.43. The summed E-state index contributed by atoms with van der Waals surface area (Å²) in [6.45, 7) is 5.03. The summed E-state index contributed by atoms with van der Waals surface area (Å²) in [5, 5.41) is 4.13. The van der Waals surface area contributed by atoms with Gasteiger partial charge in [0, 0.05) is 6.54 Å². The molecule has 0 saturated carbocycles. The zero-order chi connectivity index (χ0) is 10.7. The molecule has 1 aromatic rings. The van der Waals surface area contributed by atoms with Crippen LogP contribution < -0.4 is 0 Å². The van der Waals surface area contributed by atoms with Crippen LogP contribution in [-0.4, -0.2) is 22.9 Å². The Bertz CT molecular complexity index is 334. The van der Waals surface area contributed by atoms with Gasteiger partial charge in [0.05, 0.1) is 13.3 Å². The van der Waals surface area contributed by atoms with Crippen LogP contribution in [-0.2, 0) is 11.3 Å². The lowest BCUT2D eigenvalue weighted by Crippen LogP contribution is -2.09. The largest absolute Gasteiger partial charge is 0.465 e. The Labute approximate surface area is 96.8 Å². The molecule has 0 saturated heterocycles. The van der Waals surface area contributed by atoms with Crippen molar-refractivity contribution in [2.75, 3.05) is 7.11 Å². The molecule has 0 bridgehead atoms. The van der Waals surface area contributed by atoms with Crippen molar-refractivity contribution in [2.24, 2.45) is 5.92 Å². The van der Waals surface area contributed by atoms with Crippen LogP contribution in [0.1, 0.15) is 24.2 Å². The van der Waals surface area contributed by atoms with Gasteiger partial charge in [0.15, 0.2) is 0 Å². The van der Waals surface area contributed by atoms with E-state index in [-0.39, 0.29) is 5.97 Å². The van der Waals surface area contributed by atoms with E-state index in [1.807, 2.05) is 4.68 Å². The monoisotopic (exact) mass is 308 g/mol. The van der Waals surface area contributed by atoms with Crippen molar-refractivity contribution < 1.29 is 9.53 Å². The quantitative estimate of drug-likeness (QED) is 0.633. The summed E-state index contributed by atoms with van der Waals surface area (Å²) in [6.07, 6.45) is 1.55. The Balaban J connectivity index is 2.90. The standard InChI is InChI=1S/C9H13IN2O2/c1-6(2)5-12-8(10)7(4-11-12)9(13)14-3/h4,6H,5H2,1-3H3. The van der Waals surface area contributed by atoms with E-state index in [4.69, 9.17) is 0 Å². The third-order valence-corrected chi connectivity index (χ3v) is 2.86. The van der Waals surface area contributed by atoms with Gasteiger partial charge in [-0.1, -0.05) is 13.8 Å². The third-order valence-electron chi connectivity index (χ3n) is 1.72. The maximum absolute atomic E-state index is 11.3. The second-order valence-electron chi connectivity index (χ2n) is 3.42. The van der Waals surface area contributed by atoms with Crippen LogP contribution in [0, 0.1) is 9.62 Å². The van der Waals surface area contributed by atoms with Crippen LogP contribution in [0.15, 0.2) is 6.20 Å². The van der Waals surface area contributed by atoms with Crippen molar-refractivity contribution in [3.8, 4) is 0 Å². The van der Waals surface area contributed by atoms with Crippen LogP contribution in [0.2, 0.25) is 0 Å². The Morgan fingerprint density at radius 1 is 1.71 bits per heavy atom. The molecule has 78 valence electrons. The average molecular weight is 308 g/mol. The van der Waals surface area contributed by atoms with Gasteiger partial charge in [-0.05, 0) is 28.5 Å². The Kier molecular flexibility index (Phi) is 3.91. The van der Waals surface area contributed by atoms with Crippen molar-refractivity contribution in [1.29, 1.82) is 0 Å². The summed E-state index contributed by atoms with van der Waals surface area (Å²) < 4.78 is 7.29. The van der Waals surface area contributed by atoms with Gasteiger partial charge in [0.1, 0.15) is 9.26 Å². The molecule has 0 aliphatic carbocycles. The predicted molar refractivity (Wildman–Crippen MR) is 61.1 cm³/mol. The van der Waals surface area contributed by atoms with Gasteiger partial charge in [0.25, 0.3) is 0 Å². The minimum Gasteiger partial charge on any atom is -0.465 e. The molecule has 1 aromatic heterocycles. The molecule has 0 aliphatic rings. The second kappa shape index (κ2) is 4.77. The highest BCUT2D eigenvalue weighted by atomic mass is 127. The van der Waals surface area contributed by atoms with Gasteiger partial charge in [0.2, 0.25) is 0 Å². The molecular weight excluding hydrogens is 295 g/mol. The Morgan fingerprint density at radius 2 is 2.36 bits per heavy atom. The van der Waals surface area contributed by atoms with Gasteiger partial charge in [-0.25, -0.2) is 4.79 Å². The molecule has 0 unspecified atom stereocenters. The van der Waals surface area contributed by atoms with Gasteiger partial charge in [-0.15, -0.1) is 0 Å². The van der Waals surface area contributed by atoms with Crippen molar-refractivity contribution in [2.45, 2.75) is 20.4 Å². The van der Waals surface area contributed by atoms with Crippen molar-refractivity contribution in [3.05, 3.63) is 15.5 Å². The lowest BCUT2D eigenvalue weighted by molar-refractivity contribution is 0.0599. The van der Waals surface area contributed by atoms with Crippen LogP contribution >= 0.6 is 22.6 Å². The lowest BCUT2D eigenvalue weighted by atomic mass is 10.2. The summed E-state index contributed by atoms with van der Waals surface area (Å²) in [5.41, 5.74) is 0.536. The number of hydrogen-bond donors (Lipinski definition) is 0. The first-order chi connectivity index (χ1) is 6.56. The zero-order valence-electron chi connectivity index (χ0n) is 8.45. The molecular formula is C9H13IN2O2. The number of methoxy groups -OCH3 is 1. The van der Waals surface area contributed by atoms with Crippen molar-refractivity contribution in [1.82, 2.24) is 9.78 Å². The number of carbonyl (C=O) groups excluding carboxylic acids is 1. The highest BCUT2D eigenvalue weighted by Crippen LogP contribution is 2.14. The van der Waals surface area contributed by atoms with Crippen LogP contribution in [0.4, 0.5) is 0 Å². The number of nitrogens with zero attached hydrogens (tertiary/aromatic N) is 2. The molecule has 0 radical (unpaired) electrons. The fourth-order valence-electron chi connectivity index (χ4n) is 1.09. The Morgan fingerprint density at radius 3 is 2.86 bits per heavy atom. The molecule has 5 heteroatoms. The van der Waals surface area contributed by atoms with E-state index in [0.717, 1.165) is 10.2 Å². The maximum atomic E-state index is 11.3. The summed E-state index contributed by atoms with van der Waals surface area (Å²) in [5.74, 6) is 0.179. The first-order valence-electron chi connectivity index (χ1n) is 4.36. The van der Waals surface area contributed by atoms with E-state index in [1.54, 1.807) is 6.20 Å². The number of esters is 1. The van der Waals surface area contributed by atoms with Crippen molar-refractivity contribution in [3.63, 3.8) is 0 Å². The molecule has 1 heterocycles. The summed E-state index contributed by atoms with van der Waals surface area (Å²) in [4.78, 5) is 11.3. The highest BCUT2D eigenvalue weighted by Gasteiger charge is 2.15. The molecule has 0 amide bonds. The van der Waals surface area contributed by atoms with Crippen LogP contribution in [0.3, 0.4) is 0 Å². The van der Waals surface area contributed by atoms with E-state index in [0.29, 0.717) is 11.5 Å². The molecule has 0 spiro atoms. The van der Waals surface area contributed by atoms with Gasteiger partial charge < -0.3 is 4.74 Å². The molecule has 0 aliphatic heterocycles. The number of ether oxygens (including phenoxy) is 1. The average Bonchev–Trinajstić information content (AvgIpc) is 2.46. The van der Waals surface area contributed by atoms with E-state index in [2.05, 4.69) is 46.3 Å². The topological polar surface area (TPSA) is 44.1 Å². The molecule has 0 atom stereocenters. The minimum absolute atomic E-state index is 0.329. The number of aromatic nitrogens is 2. The number of hydrogen-bond acceptors (Lipinski definition) is 3. The smallest absolute Gasteiger partial charge is 0.342 e. The van der Waals surface area contributed by atoms with Gasteiger partial charge in [-0.3, -0.25) is 4.68 Å². The van der Waals surface area contributed by atoms with E-state index in [9.17, 15) is 4.79 Å². The summed E-state index contributed by atoms with van der Waals surface area (Å²) in [7, 11) is 1.37. The second-order valence-corrected chi connectivity index (χ2v) is 4.44. The third kappa shape index (κ3) is 2.46. The minimum atomic E-state index is -0.329. The van der Waals surface area contributed by atoms with Crippen LogP contribution in [0.25, 0.3) is 0 Å². The normalized spacial score (nSPS) is 10.6. The summed E-state index contributed by atoms with van der Waals surface area (Å²) in [6, 6.07) is 0. The molecule has 1 rings (SSSR count). The fraction of sp³-hybridized carbons (Fsp3) is 0.556. The van der Waals surface area contributed by atoms with Crippen molar-refractivity contribution >= 4 is 28.6 Å². The molecule has 0 fully saturated rings. The van der Waals surface area contributed by atoms with E-state index in [1.165, 1.54) is 7.11 Å². The van der Waals surface area contributed by atoms with Gasteiger partial charge >= 0.3 is 5.97 Å². The molecule has 0 aromatic carbocycles. The van der Waals surface area contributed by atoms with E-state index >= 15 is 0 Å². The van der Waals surface area contributed by atoms with Crippen LogP contribution in [0.5, 0.6) is 0 Å².